The lowest BCUT2D eigenvalue weighted by Crippen LogP contribution is -2.29. The molecule has 8 heteroatoms. The molecule has 8 nitrogen and oxygen atoms in total. The van der Waals surface area contributed by atoms with Gasteiger partial charge < -0.3 is 29.8 Å². The van der Waals surface area contributed by atoms with Crippen LogP contribution in [0, 0.1) is 13.8 Å². The molecule has 0 fully saturated rings. The van der Waals surface area contributed by atoms with Gasteiger partial charge in [0.2, 0.25) is 0 Å². The van der Waals surface area contributed by atoms with Crippen LogP contribution in [0.1, 0.15) is 16.7 Å². The highest BCUT2D eigenvalue weighted by Gasteiger charge is 2.17. The molecule has 0 aliphatic carbocycles. The predicted octanol–water partition coefficient (Wildman–Crippen LogP) is 3.28. The van der Waals surface area contributed by atoms with Crippen molar-refractivity contribution >= 4 is 22.8 Å². The van der Waals surface area contributed by atoms with E-state index in [0.29, 0.717) is 30.5 Å². The van der Waals surface area contributed by atoms with Gasteiger partial charge in [-0.05, 0) is 37.1 Å². The second kappa shape index (κ2) is 7.30. The number of urea groups is 1. The van der Waals surface area contributed by atoms with Crippen LogP contribution in [0.25, 0.3) is 11.0 Å². The van der Waals surface area contributed by atoms with E-state index >= 15 is 0 Å². The zero-order chi connectivity index (χ0) is 19.7. The normalized spacial score (nSPS) is 12.7. The number of imidazole rings is 1. The van der Waals surface area contributed by atoms with E-state index in [2.05, 4.69) is 20.6 Å². The lowest BCUT2D eigenvalue weighted by atomic mass is 10.1. The van der Waals surface area contributed by atoms with E-state index in [1.54, 1.807) is 19.5 Å². The lowest BCUT2D eigenvalue weighted by molar-refractivity contribution is 0.170. The Hall–Kier alpha value is -3.42. The summed E-state index contributed by atoms with van der Waals surface area (Å²) >= 11 is 0. The van der Waals surface area contributed by atoms with Crippen LogP contribution in [0.2, 0.25) is 0 Å². The maximum atomic E-state index is 12.5. The zero-order valence-electron chi connectivity index (χ0n) is 16.0. The number of hydrogen-bond donors (Lipinski definition) is 3. The second-order valence-electron chi connectivity index (χ2n) is 6.59. The number of methoxy groups -OCH3 is 1. The topological polar surface area (TPSA) is 97.5 Å². The Morgan fingerprint density at radius 3 is 2.68 bits per heavy atom. The lowest BCUT2D eigenvalue weighted by Gasteiger charge is -2.21. The minimum Gasteiger partial charge on any atom is -0.496 e. The van der Waals surface area contributed by atoms with E-state index < -0.39 is 0 Å². The average molecular weight is 382 g/mol. The van der Waals surface area contributed by atoms with Crippen LogP contribution in [0.5, 0.6) is 17.2 Å². The highest BCUT2D eigenvalue weighted by molar-refractivity contribution is 5.94. The van der Waals surface area contributed by atoms with Crippen LogP contribution in [-0.2, 0) is 6.54 Å². The molecule has 0 unspecified atom stereocenters. The van der Waals surface area contributed by atoms with Gasteiger partial charge in [0.1, 0.15) is 19.0 Å². The Labute approximate surface area is 162 Å². The van der Waals surface area contributed by atoms with Crippen LogP contribution in [0.4, 0.5) is 10.5 Å². The number of ether oxygens (including phenoxy) is 3. The van der Waals surface area contributed by atoms with Crippen molar-refractivity contribution in [2.75, 3.05) is 25.6 Å². The molecule has 1 aliphatic rings. The van der Waals surface area contributed by atoms with Gasteiger partial charge >= 0.3 is 6.03 Å². The number of amides is 2. The van der Waals surface area contributed by atoms with Crippen molar-refractivity contribution in [3.05, 3.63) is 41.2 Å². The van der Waals surface area contributed by atoms with E-state index in [-0.39, 0.29) is 12.6 Å². The number of nitrogens with zero attached hydrogens (tertiary/aromatic N) is 1. The molecule has 0 spiro atoms. The van der Waals surface area contributed by atoms with Crippen LogP contribution in [0.15, 0.2) is 24.5 Å². The maximum Gasteiger partial charge on any atom is 0.319 e. The van der Waals surface area contributed by atoms with Crippen molar-refractivity contribution in [2.24, 2.45) is 0 Å². The number of nitrogens with one attached hydrogen (secondary N) is 3. The summed E-state index contributed by atoms with van der Waals surface area (Å²) in [6, 6.07) is 5.19. The molecule has 0 bridgehead atoms. The quantitative estimate of drug-likeness (QED) is 0.643. The third-order valence-corrected chi connectivity index (χ3v) is 4.91. The van der Waals surface area contributed by atoms with Gasteiger partial charge in [-0.1, -0.05) is 0 Å². The number of anilines is 1. The van der Waals surface area contributed by atoms with Gasteiger partial charge in [-0.15, -0.1) is 0 Å². The number of rotatable bonds is 4. The van der Waals surface area contributed by atoms with Gasteiger partial charge in [0, 0.05) is 23.9 Å². The van der Waals surface area contributed by atoms with Crippen LogP contribution >= 0.6 is 0 Å². The van der Waals surface area contributed by atoms with Gasteiger partial charge in [0.05, 0.1) is 24.5 Å². The molecule has 0 radical (unpaired) electrons. The maximum absolute atomic E-state index is 12.5. The molecule has 1 aliphatic heterocycles. The molecule has 3 aromatic rings. The first kappa shape index (κ1) is 18.0. The van der Waals surface area contributed by atoms with E-state index in [1.807, 2.05) is 26.0 Å². The molecule has 2 heterocycles. The Morgan fingerprint density at radius 1 is 1.18 bits per heavy atom. The smallest absolute Gasteiger partial charge is 0.319 e. The molecule has 3 N–H and O–H groups in total. The third kappa shape index (κ3) is 3.28. The van der Waals surface area contributed by atoms with Crippen molar-refractivity contribution in [3.63, 3.8) is 0 Å². The summed E-state index contributed by atoms with van der Waals surface area (Å²) in [5.74, 6) is 1.94. The summed E-state index contributed by atoms with van der Waals surface area (Å²) in [5, 5.41) is 5.77. The molecular formula is C20H22N4O4. The Bertz CT molecular complexity index is 1040. The summed E-state index contributed by atoms with van der Waals surface area (Å²) in [7, 11) is 1.58. The SMILES string of the molecule is COc1cc2c(cc1CNC(=O)Nc1cc3[nH]cnc3c(C)c1C)OCCO2. The van der Waals surface area contributed by atoms with Crippen molar-refractivity contribution in [2.45, 2.75) is 20.4 Å². The molecule has 1 aromatic heterocycles. The van der Waals surface area contributed by atoms with Crippen molar-refractivity contribution in [3.8, 4) is 17.2 Å². The zero-order valence-corrected chi connectivity index (χ0v) is 16.0. The van der Waals surface area contributed by atoms with E-state index in [1.165, 1.54) is 0 Å². The number of fused-ring (bicyclic) bond motifs is 2. The number of benzene rings is 2. The van der Waals surface area contributed by atoms with Gasteiger partial charge in [-0.3, -0.25) is 0 Å². The molecule has 0 saturated carbocycles. The van der Waals surface area contributed by atoms with Crippen LogP contribution in [-0.4, -0.2) is 36.3 Å². The van der Waals surface area contributed by atoms with Gasteiger partial charge in [0.15, 0.2) is 11.5 Å². The molecule has 146 valence electrons. The highest BCUT2D eigenvalue weighted by Crippen LogP contribution is 2.36. The fourth-order valence-corrected chi connectivity index (χ4v) is 3.26. The Kier molecular flexibility index (Phi) is 4.68. The molecule has 2 aromatic carbocycles. The summed E-state index contributed by atoms with van der Waals surface area (Å²) in [4.78, 5) is 19.9. The number of H-pyrrole nitrogens is 1. The first-order valence-electron chi connectivity index (χ1n) is 9.01. The third-order valence-electron chi connectivity index (χ3n) is 4.91. The molecule has 0 atom stereocenters. The number of hydrogen-bond acceptors (Lipinski definition) is 5. The van der Waals surface area contributed by atoms with Gasteiger partial charge in [-0.2, -0.15) is 0 Å². The molecular weight excluding hydrogens is 360 g/mol. The summed E-state index contributed by atoms with van der Waals surface area (Å²) in [6.45, 7) is 5.25. The first-order valence-corrected chi connectivity index (χ1v) is 9.01. The van der Waals surface area contributed by atoms with Crippen LogP contribution < -0.4 is 24.8 Å². The standard InChI is InChI=1S/C20H22N4O4/c1-11-12(2)19-15(22-10-23-19)7-14(11)24-20(25)21-9-13-6-17-18(8-16(13)26-3)28-5-4-27-17/h6-8,10H,4-5,9H2,1-3H3,(H,22,23)(H2,21,24,25). The second-order valence-corrected chi connectivity index (χ2v) is 6.59. The monoisotopic (exact) mass is 382 g/mol. The van der Waals surface area contributed by atoms with E-state index in [0.717, 1.165) is 33.4 Å². The van der Waals surface area contributed by atoms with E-state index in [4.69, 9.17) is 14.2 Å². The van der Waals surface area contributed by atoms with Gasteiger partial charge in [-0.25, -0.2) is 9.78 Å². The first-order chi connectivity index (χ1) is 13.6. The summed E-state index contributed by atoms with van der Waals surface area (Å²) < 4.78 is 16.6. The largest absolute Gasteiger partial charge is 0.496 e. The fraction of sp³-hybridized carbons (Fsp3) is 0.300. The number of aryl methyl sites for hydroxylation is 1. The Balaban J connectivity index is 1.49. The van der Waals surface area contributed by atoms with Crippen molar-refractivity contribution < 1.29 is 19.0 Å². The van der Waals surface area contributed by atoms with E-state index in [9.17, 15) is 4.79 Å². The summed E-state index contributed by atoms with van der Waals surface area (Å²) in [6.07, 6.45) is 1.65. The predicted molar refractivity (Wildman–Crippen MR) is 105 cm³/mol. The Morgan fingerprint density at radius 2 is 1.93 bits per heavy atom. The minimum absolute atomic E-state index is 0.288. The number of carbonyl (C=O) groups excluding carboxylic acids is 1. The number of aromatic nitrogens is 2. The average Bonchev–Trinajstić information content (AvgIpc) is 3.18. The highest BCUT2D eigenvalue weighted by atomic mass is 16.6. The van der Waals surface area contributed by atoms with Crippen molar-refractivity contribution in [1.82, 2.24) is 15.3 Å². The van der Waals surface area contributed by atoms with Gasteiger partial charge in [0.25, 0.3) is 0 Å². The fourth-order valence-electron chi connectivity index (χ4n) is 3.26. The molecule has 0 saturated heterocycles. The minimum atomic E-state index is -0.307. The number of carbonyl (C=O) groups is 1. The van der Waals surface area contributed by atoms with Crippen LogP contribution in [0.3, 0.4) is 0 Å². The number of aromatic amines is 1. The molecule has 28 heavy (non-hydrogen) atoms. The summed E-state index contributed by atoms with van der Waals surface area (Å²) in [5.41, 5.74) is 5.34. The van der Waals surface area contributed by atoms with Crippen molar-refractivity contribution in [1.29, 1.82) is 0 Å². The molecule has 4 rings (SSSR count). The molecule has 2 amide bonds.